The lowest BCUT2D eigenvalue weighted by Gasteiger charge is -2.16. The van der Waals surface area contributed by atoms with E-state index in [1.54, 1.807) is 5.32 Å². The number of ether oxygens (including phenoxy) is 1. The van der Waals surface area contributed by atoms with Crippen molar-refractivity contribution in [3.63, 3.8) is 0 Å². The van der Waals surface area contributed by atoms with Crippen LogP contribution in [0.15, 0.2) is 0 Å². The highest BCUT2D eigenvalue weighted by molar-refractivity contribution is 5.84. The smallest absolute Gasteiger partial charge is 0.391 e. The maximum Gasteiger partial charge on any atom is 0.391 e. The summed E-state index contributed by atoms with van der Waals surface area (Å²) in [5.74, 6) is -2.60. The van der Waals surface area contributed by atoms with Crippen LogP contribution in [0.5, 0.6) is 0 Å². The van der Waals surface area contributed by atoms with Crippen molar-refractivity contribution in [3.05, 3.63) is 0 Å². The molecule has 0 heterocycles. The number of carbonyl (C=O) groups excluding carboxylic acids is 1. The molecule has 0 aliphatic carbocycles. The van der Waals surface area contributed by atoms with E-state index in [0.717, 1.165) is 12.8 Å². The predicted molar refractivity (Wildman–Crippen MR) is 56.0 cm³/mol. The molecule has 1 unspecified atom stereocenters. The lowest BCUT2D eigenvalue weighted by molar-refractivity contribution is -0.160. The lowest BCUT2D eigenvalue weighted by atomic mass is 10.2. The molecule has 0 aromatic carbocycles. The highest BCUT2D eigenvalue weighted by Crippen LogP contribution is 2.21. The van der Waals surface area contributed by atoms with E-state index in [-0.39, 0.29) is 0 Å². The van der Waals surface area contributed by atoms with Crippen LogP contribution in [0.25, 0.3) is 0 Å². The van der Waals surface area contributed by atoms with E-state index in [2.05, 4.69) is 0 Å². The van der Waals surface area contributed by atoms with E-state index in [0.29, 0.717) is 6.61 Å². The first-order valence-corrected chi connectivity index (χ1v) is 5.43. The first kappa shape index (κ1) is 16.7. The molecule has 0 aromatic heterocycles. The number of carbonyl (C=O) groups is 2. The Morgan fingerprint density at radius 1 is 1.39 bits per heavy atom. The number of unbranched alkanes of at least 4 members (excludes halogenated alkanes) is 1. The van der Waals surface area contributed by atoms with Gasteiger partial charge in [0.15, 0.2) is 0 Å². The summed E-state index contributed by atoms with van der Waals surface area (Å²) in [5, 5.41) is 10.3. The quantitative estimate of drug-likeness (QED) is 0.653. The van der Waals surface area contributed by atoms with Gasteiger partial charge in [-0.1, -0.05) is 13.3 Å². The molecular weight excluding hydrogens is 255 g/mol. The summed E-state index contributed by atoms with van der Waals surface area (Å²) in [6.45, 7) is 1.77. The maximum absolute atomic E-state index is 12.0. The molecule has 0 spiro atoms. The van der Waals surface area contributed by atoms with Crippen molar-refractivity contribution in [2.45, 2.75) is 38.4 Å². The average Bonchev–Trinajstić information content (AvgIpc) is 2.21. The van der Waals surface area contributed by atoms with Crippen molar-refractivity contribution in [1.29, 1.82) is 0 Å². The Balaban J connectivity index is 4.09. The molecule has 1 amide bonds. The van der Waals surface area contributed by atoms with Gasteiger partial charge in [-0.2, -0.15) is 13.2 Å². The van der Waals surface area contributed by atoms with Crippen LogP contribution < -0.4 is 5.32 Å². The Hall–Kier alpha value is -1.31. The molecule has 0 aliphatic heterocycles. The summed E-state index contributed by atoms with van der Waals surface area (Å²) in [6, 6.07) is -1.98. The van der Waals surface area contributed by atoms with Crippen LogP contribution in [-0.4, -0.2) is 42.4 Å². The SMILES string of the molecule is CCCCOCC(=O)NC(CC(F)(F)F)C(=O)O. The first-order chi connectivity index (χ1) is 8.26. The van der Waals surface area contributed by atoms with Crippen molar-refractivity contribution >= 4 is 11.9 Å². The van der Waals surface area contributed by atoms with E-state index < -0.39 is 37.1 Å². The average molecular weight is 271 g/mol. The third kappa shape index (κ3) is 8.80. The third-order valence-electron chi connectivity index (χ3n) is 1.94. The van der Waals surface area contributed by atoms with Gasteiger partial charge in [-0.25, -0.2) is 4.79 Å². The summed E-state index contributed by atoms with van der Waals surface area (Å²) < 4.78 is 40.9. The molecule has 106 valence electrons. The second-order valence-electron chi connectivity index (χ2n) is 3.68. The van der Waals surface area contributed by atoms with Gasteiger partial charge < -0.3 is 15.2 Å². The van der Waals surface area contributed by atoms with E-state index in [9.17, 15) is 22.8 Å². The summed E-state index contributed by atoms with van der Waals surface area (Å²) in [7, 11) is 0. The van der Waals surface area contributed by atoms with Gasteiger partial charge in [0.1, 0.15) is 12.6 Å². The van der Waals surface area contributed by atoms with Crippen LogP contribution >= 0.6 is 0 Å². The minimum Gasteiger partial charge on any atom is -0.480 e. The van der Waals surface area contributed by atoms with Gasteiger partial charge >= 0.3 is 12.1 Å². The van der Waals surface area contributed by atoms with E-state index >= 15 is 0 Å². The molecule has 0 radical (unpaired) electrons. The Morgan fingerprint density at radius 3 is 2.44 bits per heavy atom. The molecule has 0 fully saturated rings. The van der Waals surface area contributed by atoms with Crippen molar-refractivity contribution in [2.75, 3.05) is 13.2 Å². The number of hydrogen-bond acceptors (Lipinski definition) is 3. The largest absolute Gasteiger partial charge is 0.480 e. The zero-order valence-electron chi connectivity index (χ0n) is 9.92. The maximum atomic E-state index is 12.0. The fourth-order valence-corrected chi connectivity index (χ4v) is 1.08. The molecule has 0 rings (SSSR count). The van der Waals surface area contributed by atoms with Crippen LogP contribution in [0.2, 0.25) is 0 Å². The van der Waals surface area contributed by atoms with Gasteiger partial charge in [-0.3, -0.25) is 4.79 Å². The van der Waals surface area contributed by atoms with E-state index in [1.807, 2.05) is 6.92 Å². The fraction of sp³-hybridized carbons (Fsp3) is 0.800. The van der Waals surface area contributed by atoms with Crippen LogP contribution in [0.3, 0.4) is 0 Å². The Labute approximate surface area is 102 Å². The highest BCUT2D eigenvalue weighted by atomic mass is 19.4. The van der Waals surface area contributed by atoms with Crippen molar-refractivity contribution in [3.8, 4) is 0 Å². The summed E-state index contributed by atoms with van der Waals surface area (Å²) in [6.07, 6.45) is -4.69. The van der Waals surface area contributed by atoms with Crippen molar-refractivity contribution in [1.82, 2.24) is 5.32 Å². The number of aliphatic carboxylic acids is 1. The third-order valence-corrected chi connectivity index (χ3v) is 1.94. The number of carboxylic acids is 1. The standard InChI is InChI=1S/C10H16F3NO4/c1-2-3-4-18-6-8(15)14-7(9(16)17)5-10(11,12)13/h7H,2-6H2,1H3,(H,14,15)(H,16,17). The summed E-state index contributed by atoms with van der Waals surface area (Å²) in [5.41, 5.74) is 0. The number of alkyl halides is 3. The monoisotopic (exact) mass is 271 g/mol. The minimum absolute atomic E-state index is 0.306. The molecule has 8 heteroatoms. The van der Waals surface area contributed by atoms with Crippen LogP contribution in [0.1, 0.15) is 26.2 Å². The molecule has 5 nitrogen and oxygen atoms in total. The molecule has 1 atom stereocenters. The normalized spacial score (nSPS) is 13.1. The second kappa shape index (κ2) is 7.91. The van der Waals surface area contributed by atoms with Crippen LogP contribution in [0.4, 0.5) is 13.2 Å². The number of halogens is 3. The van der Waals surface area contributed by atoms with Crippen molar-refractivity contribution in [2.24, 2.45) is 0 Å². The molecular formula is C10H16F3NO4. The zero-order chi connectivity index (χ0) is 14.2. The predicted octanol–water partition coefficient (Wildman–Crippen LogP) is 1.32. The van der Waals surface area contributed by atoms with Gasteiger partial charge in [0.05, 0.1) is 6.42 Å². The molecule has 0 saturated heterocycles. The van der Waals surface area contributed by atoms with Gasteiger partial charge in [-0.15, -0.1) is 0 Å². The molecule has 0 bridgehead atoms. The van der Waals surface area contributed by atoms with Gasteiger partial charge in [-0.05, 0) is 6.42 Å². The highest BCUT2D eigenvalue weighted by Gasteiger charge is 2.36. The number of nitrogens with one attached hydrogen (secondary N) is 1. The van der Waals surface area contributed by atoms with Gasteiger partial charge in [0.25, 0.3) is 0 Å². The van der Waals surface area contributed by atoms with E-state index in [4.69, 9.17) is 9.84 Å². The van der Waals surface area contributed by atoms with Gasteiger partial charge in [0.2, 0.25) is 5.91 Å². The Kier molecular flexibility index (Phi) is 7.33. The lowest BCUT2D eigenvalue weighted by Crippen LogP contribution is -2.45. The molecule has 0 saturated carbocycles. The number of carboxylic acid groups (broad SMARTS) is 1. The molecule has 0 aromatic rings. The number of rotatable bonds is 8. The summed E-state index contributed by atoms with van der Waals surface area (Å²) >= 11 is 0. The Morgan fingerprint density at radius 2 is 2.00 bits per heavy atom. The summed E-state index contributed by atoms with van der Waals surface area (Å²) in [4.78, 5) is 21.7. The minimum atomic E-state index is -4.65. The molecule has 18 heavy (non-hydrogen) atoms. The topological polar surface area (TPSA) is 75.6 Å². The van der Waals surface area contributed by atoms with E-state index in [1.165, 1.54) is 0 Å². The van der Waals surface area contributed by atoms with Crippen molar-refractivity contribution < 1.29 is 32.6 Å². The Bertz CT molecular complexity index is 281. The zero-order valence-corrected chi connectivity index (χ0v) is 9.92. The first-order valence-electron chi connectivity index (χ1n) is 5.43. The van der Waals surface area contributed by atoms with Gasteiger partial charge in [0, 0.05) is 6.61 Å². The number of hydrogen-bond donors (Lipinski definition) is 2. The number of amides is 1. The second-order valence-corrected chi connectivity index (χ2v) is 3.68. The van der Waals surface area contributed by atoms with Crippen LogP contribution in [0, 0.1) is 0 Å². The molecule has 0 aliphatic rings. The fourth-order valence-electron chi connectivity index (χ4n) is 1.08. The molecule has 2 N–H and O–H groups in total. The van der Waals surface area contributed by atoms with Crippen LogP contribution in [-0.2, 0) is 14.3 Å².